The summed E-state index contributed by atoms with van der Waals surface area (Å²) in [6.45, 7) is 3.57. The highest BCUT2D eigenvalue weighted by Crippen LogP contribution is 2.38. The molecule has 0 aliphatic rings. The normalized spacial score (nSPS) is 11.2. The fraction of sp³-hybridized carbons (Fsp3) is 0.278. The van der Waals surface area contributed by atoms with E-state index in [0.717, 1.165) is 4.31 Å². The molecule has 0 heterocycles. The number of hydrogen-bond donors (Lipinski definition) is 0. The third-order valence-corrected chi connectivity index (χ3v) is 6.80. The van der Waals surface area contributed by atoms with Gasteiger partial charge in [0.25, 0.3) is 10.0 Å². The Labute approximate surface area is 168 Å². The standard InChI is InChI=1S/C18H19Cl2NO5S/c1-5-26-18(22)12-7-6-8-13(11(12)2)21(3)27(23,24)15-10-9-14(25-4)16(19)17(15)20/h6-10H,5H2,1-4H3. The molecule has 0 aromatic heterocycles. The summed E-state index contributed by atoms with van der Waals surface area (Å²) < 4.78 is 37.3. The van der Waals surface area contributed by atoms with Crippen LogP contribution in [0.15, 0.2) is 35.2 Å². The van der Waals surface area contributed by atoms with Gasteiger partial charge in [0.05, 0.1) is 30.0 Å². The minimum atomic E-state index is -4.04. The summed E-state index contributed by atoms with van der Waals surface area (Å²) in [5.74, 6) is -0.253. The largest absolute Gasteiger partial charge is 0.495 e. The molecule has 0 spiro atoms. The van der Waals surface area contributed by atoms with Gasteiger partial charge in [0.2, 0.25) is 0 Å². The summed E-state index contributed by atoms with van der Waals surface area (Å²) in [7, 11) is -1.26. The Hall–Kier alpha value is -1.96. The molecule has 0 saturated carbocycles. The fourth-order valence-electron chi connectivity index (χ4n) is 2.54. The van der Waals surface area contributed by atoms with Crippen LogP contribution in [-0.4, -0.2) is 35.2 Å². The summed E-state index contributed by atoms with van der Waals surface area (Å²) in [5.41, 5.74) is 1.08. The number of rotatable bonds is 6. The number of benzene rings is 2. The van der Waals surface area contributed by atoms with Crippen LogP contribution in [0.2, 0.25) is 10.0 Å². The molecule has 6 nitrogen and oxygen atoms in total. The van der Waals surface area contributed by atoms with Crippen LogP contribution in [0.3, 0.4) is 0 Å². The second-order valence-electron chi connectivity index (χ2n) is 5.54. The Morgan fingerprint density at radius 3 is 2.41 bits per heavy atom. The molecular formula is C18H19Cl2NO5S. The molecule has 2 rings (SSSR count). The number of methoxy groups -OCH3 is 1. The number of hydrogen-bond acceptors (Lipinski definition) is 5. The van der Waals surface area contributed by atoms with E-state index in [4.69, 9.17) is 32.7 Å². The Balaban J connectivity index is 2.55. The summed E-state index contributed by atoms with van der Waals surface area (Å²) >= 11 is 12.3. The Morgan fingerprint density at radius 1 is 1.15 bits per heavy atom. The number of esters is 1. The predicted molar refractivity (Wildman–Crippen MR) is 106 cm³/mol. The maximum absolute atomic E-state index is 13.1. The van der Waals surface area contributed by atoms with Gasteiger partial charge < -0.3 is 9.47 Å². The zero-order valence-corrected chi connectivity index (χ0v) is 17.6. The second kappa shape index (κ2) is 8.37. The van der Waals surface area contributed by atoms with Gasteiger partial charge in [-0.3, -0.25) is 4.31 Å². The maximum Gasteiger partial charge on any atom is 0.338 e. The summed E-state index contributed by atoms with van der Waals surface area (Å²) in [6, 6.07) is 7.51. The van der Waals surface area contributed by atoms with E-state index in [9.17, 15) is 13.2 Å². The van der Waals surface area contributed by atoms with Gasteiger partial charge in [0, 0.05) is 7.05 Å². The third-order valence-electron chi connectivity index (χ3n) is 4.01. The molecule has 0 aliphatic carbocycles. The SMILES string of the molecule is CCOC(=O)c1cccc(N(C)S(=O)(=O)c2ccc(OC)c(Cl)c2Cl)c1C. The van der Waals surface area contributed by atoms with Crippen molar-refractivity contribution in [3.8, 4) is 5.75 Å². The van der Waals surface area contributed by atoms with Crippen LogP contribution >= 0.6 is 23.2 Å². The van der Waals surface area contributed by atoms with Gasteiger partial charge in [-0.25, -0.2) is 13.2 Å². The van der Waals surface area contributed by atoms with Gasteiger partial charge in [0.15, 0.2) is 0 Å². The Morgan fingerprint density at radius 2 is 1.81 bits per heavy atom. The molecule has 27 heavy (non-hydrogen) atoms. The van der Waals surface area contributed by atoms with Crippen molar-refractivity contribution in [1.82, 2.24) is 0 Å². The van der Waals surface area contributed by atoms with Crippen molar-refractivity contribution in [2.45, 2.75) is 18.7 Å². The number of carbonyl (C=O) groups excluding carboxylic acids is 1. The molecule has 146 valence electrons. The van der Waals surface area contributed by atoms with Gasteiger partial charge in [0.1, 0.15) is 15.7 Å². The van der Waals surface area contributed by atoms with E-state index >= 15 is 0 Å². The molecule has 0 bridgehead atoms. The average Bonchev–Trinajstić information content (AvgIpc) is 2.63. The fourth-order valence-corrected chi connectivity index (χ4v) is 4.61. The van der Waals surface area contributed by atoms with Crippen molar-refractivity contribution in [3.63, 3.8) is 0 Å². The van der Waals surface area contributed by atoms with Gasteiger partial charge in [-0.1, -0.05) is 29.3 Å². The quantitative estimate of drug-likeness (QED) is 0.636. The van der Waals surface area contributed by atoms with Crippen LogP contribution in [0.25, 0.3) is 0 Å². The monoisotopic (exact) mass is 431 g/mol. The second-order valence-corrected chi connectivity index (χ2v) is 8.23. The maximum atomic E-state index is 13.1. The molecule has 0 saturated heterocycles. The number of halogens is 2. The molecule has 0 amide bonds. The van der Waals surface area contributed by atoms with Crippen LogP contribution in [0.5, 0.6) is 5.75 Å². The molecule has 2 aromatic rings. The third kappa shape index (κ3) is 4.00. The summed E-state index contributed by atoms with van der Waals surface area (Å²) in [6.07, 6.45) is 0. The van der Waals surface area contributed by atoms with Crippen molar-refractivity contribution in [1.29, 1.82) is 0 Å². The average molecular weight is 432 g/mol. The highest BCUT2D eigenvalue weighted by Gasteiger charge is 2.28. The van der Waals surface area contributed by atoms with Crippen molar-refractivity contribution >= 4 is 44.9 Å². The van der Waals surface area contributed by atoms with Gasteiger partial charge in [-0.15, -0.1) is 0 Å². The number of sulfonamides is 1. The minimum absolute atomic E-state index is 0.00522. The summed E-state index contributed by atoms with van der Waals surface area (Å²) in [5, 5.41) is -0.132. The van der Waals surface area contributed by atoms with E-state index in [1.54, 1.807) is 32.0 Å². The van der Waals surface area contributed by atoms with E-state index in [1.165, 1.54) is 26.3 Å². The topological polar surface area (TPSA) is 72.9 Å². The molecule has 0 atom stereocenters. The molecule has 0 N–H and O–H groups in total. The van der Waals surface area contributed by atoms with Crippen molar-refractivity contribution < 1.29 is 22.7 Å². The van der Waals surface area contributed by atoms with Gasteiger partial charge >= 0.3 is 5.97 Å². The lowest BCUT2D eigenvalue weighted by atomic mass is 10.1. The van der Waals surface area contributed by atoms with E-state index in [0.29, 0.717) is 11.3 Å². The first-order chi connectivity index (χ1) is 12.7. The molecule has 2 aromatic carbocycles. The van der Waals surface area contributed by atoms with Crippen LogP contribution < -0.4 is 9.04 Å². The number of ether oxygens (including phenoxy) is 2. The van der Waals surface area contributed by atoms with Crippen molar-refractivity contribution in [3.05, 3.63) is 51.5 Å². The molecular weight excluding hydrogens is 413 g/mol. The first-order valence-corrected chi connectivity index (χ1v) is 10.1. The van der Waals surface area contributed by atoms with E-state index in [1.807, 2.05) is 0 Å². The Bertz CT molecular complexity index is 976. The van der Waals surface area contributed by atoms with E-state index in [2.05, 4.69) is 0 Å². The number of nitrogens with zero attached hydrogens (tertiary/aromatic N) is 1. The number of carbonyl (C=O) groups is 1. The van der Waals surface area contributed by atoms with Crippen LogP contribution in [0.1, 0.15) is 22.8 Å². The van der Waals surface area contributed by atoms with E-state index < -0.39 is 16.0 Å². The molecule has 9 heteroatoms. The first-order valence-electron chi connectivity index (χ1n) is 7.94. The van der Waals surface area contributed by atoms with Crippen molar-refractivity contribution in [2.75, 3.05) is 25.1 Å². The zero-order valence-electron chi connectivity index (χ0n) is 15.2. The number of anilines is 1. The minimum Gasteiger partial charge on any atom is -0.495 e. The van der Waals surface area contributed by atoms with Crippen LogP contribution in [0, 0.1) is 6.92 Å². The van der Waals surface area contributed by atoms with Gasteiger partial charge in [-0.05, 0) is 43.7 Å². The molecule has 0 fully saturated rings. The Kier molecular flexibility index (Phi) is 6.62. The molecule has 0 radical (unpaired) electrons. The van der Waals surface area contributed by atoms with Crippen molar-refractivity contribution in [2.24, 2.45) is 0 Å². The smallest absolute Gasteiger partial charge is 0.338 e. The van der Waals surface area contributed by atoms with Crippen LogP contribution in [-0.2, 0) is 14.8 Å². The van der Waals surface area contributed by atoms with E-state index in [-0.39, 0.29) is 32.9 Å². The molecule has 0 unspecified atom stereocenters. The first kappa shape index (κ1) is 21.3. The molecule has 0 aliphatic heterocycles. The zero-order chi connectivity index (χ0) is 20.4. The lowest BCUT2D eigenvalue weighted by Crippen LogP contribution is -2.28. The summed E-state index contributed by atoms with van der Waals surface area (Å²) in [4.78, 5) is 11.9. The van der Waals surface area contributed by atoms with Crippen LogP contribution in [0.4, 0.5) is 5.69 Å². The lowest BCUT2D eigenvalue weighted by Gasteiger charge is -2.23. The van der Waals surface area contributed by atoms with Gasteiger partial charge in [-0.2, -0.15) is 0 Å². The highest BCUT2D eigenvalue weighted by atomic mass is 35.5. The lowest BCUT2D eigenvalue weighted by molar-refractivity contribution is 0.0525. The highest BCUT2D eigenvalue weighted by molar-refractivity contribution is 7.93. The predicted octanol–water partition coefficient (Wildman–Crippen LogP) is 4.31.